The van der Waals surface area contributed by atoms with Gasteiger partial charge in [-0.1, -0.05) is 25.3 Å². The van der Waals surface area contributed by atoms with Gasteiger partial charge >= 0.3 is 0 Å². The Bertz CT molecular complexity index is 631. The zero-order valence-electron chi connectivity index (χ0n) is 14.1. The summed E-state index contributed by atoms with van der Waals surface area (Å²) in [4.78, 5) is 28.9. The van der Waals surface area contributed by atoms with Gasteiger partial charge in [-0.05, 0) is 32.8 Å². The number of nitrogens with one attached hydrogen (secondary N) is 1. The van der Waals surface area contributed by atoms with Crippen molar-refractivity contribution in [1.29, 1.82) is 5.26 Å². The van der Waals surface area contributed by atoms with Gasteiger partial charge in [-0.25, -0.2) is 4.98 Å². The van der Waals surface area contributed by atoms with E-state index in [1.165, 1.54) is 12.5 Å². The lowest BCUT2D eigenvalue weighted by atomic mass is 9.94. The van der Waals surface area contributed by atoms with Crippen LogP contribution in [0.2, 0.25) is 0 Å². The number of nitrogens with zero attached hydrogens (tertiary/aromatic N) is 2. The third-order valence-corrected chi connectivity index (χ3v) is 3.94. The van der Waals surface area contributed by atoms with E-state index in [1.807, 2.05) is 19.9 Å². The van der Waals surface area contributed by atoms with Crippen LogP contribution in [0, 0.1) is 17.2 Å². The van der Waals surface area contributed by atoms with Crippen LogP contribution in [0.15, 0.2) is 18.2 Å². The number of ketones is 1. The van der Waals surface area contributed by atoms with E-state index in [0.717, 1.165) is 25.7 Å². The quantitative estimate of drug-likeness (QED) is 0.640. The van der Waals surface area contributed by atoms with E-state index < -0.39 is 17.6 Å². The maximum Gasteiger partial charge on any atom is 0.245 e. The van der Waals surface area contributed by atoms with E-state index in [2.05, 4.69) is 10.3 Å². The summed E-state index contributed by atoms with van der Waals surface area (Å²) in [7, 11) is 0. The maximum absolute atomic E-state index is 12.5. The molecule has 2 rings (SSSR count). The molecule has 0 radical (unpaired) electrons. The molecule has 1 aliphatic rings. The zero-order chi connectivity index (χ0) is 17.5. The molecule has 1 N–H and O–H groups in total. The molecule has 0 aliphatic heterocycles. The van der Waals surface area contributed by atoms with Crippen LogP contribution in [0.25, 0.3) is 0 Å². The van der Waals surface area contributed by atoms with Crippen molar-refractivity contribution < 1.29 is 14.3 Å². The third kappa shape index (κ3) is 4.79. The summed E-state index contributed by atoms with van der Waals surface area (Å²) in [5, 5.41) is 12.1. The van der Waals surface area contributed by atoms with E-state index in [1.54, 1.807) is 12.1 Å². The number of pyridine rings is 1. The van der Waals surface area contributed by atoms with Gasteiger partial charge in [0.25, 0.3) is 0 Å². The highest BCUT2D eigenvalue weighted by atomic mass is 16.5. The lowest BCUT2D eigenvalue weighted by Gasteiger charge is -2.23. The van der Waals surface area contributed by atoms with Crippen molar-refractivity contribution in [2.24, 2.45) is 5.92 Å². The van der Waals surface area contributed by atoms with Gasteiger partial charge in [0, 0.05) is 12.1 Å². The number of aromatic nitrogens is 1. The fourth-order valence-corrected chi connectivity index (χ4v) is 2.77. The van der Waals surface area contributed by atoms with Crippen LogP contribution in [-0.4, -0.2) is 28.8 Å². The van der Waals surface area contributed by atoms with Gasteiger partial charge in [-0.15, -0.1) is 0 Å². The molecule has 1 amide bonds. The Morgan fingerprint density at radius 2 is 2.00 bits per heavy atom. The van der Waals surface area contributed by atoms with Crippen molar-refractivity contribution in [1.82, 2.24) is 10.3 Å². The first-order valence-electron chi connectivity index (χ1n) is 8.39. The van der Waals surface area contributed by atoms with Gasteiger partial charge in [-0.2, -0.15) is 5.26 Å². The summed E-state index contributed by atoms with van der Waals surface area (Å²) in [6, 6.07) is 6.62. The molecule has 1 aromatic rings. The van der Waals surface area contributed by atoms with Gasteiger partial charge in [0.15, 0.2) is 5.92 Å². The number of Topliss-reactive ketones (excluding diaryl/α,β-unsaturated/α-hetero) is 1. The molecule has 6 heteroatoms. The minimum absolute atomic E-state index is 0.0541. The second kappa shape index (κ2) is 8.44. The first-order chi connectivity index (χ1) is 11.5. The van der Waals surface area contributed by atoms with Crippen molar-refractivity contribution in [3.05, 3.63) is 23.9 Å². The second-order valence-electron chi connectivity index (χ2n) is 6.30. The van der Waals surface area contributed by atoms with E-state index in [0.29, 0.717) is 5.88 Å². The van der Waals surface area contributed by atoms with Crippen LogP contribution >= 0.6 is 0 Å². The Morgan fingerprint density at radius 1 is 1.29 bits per heavy atom. The highest BCUT2D eigenvalue weighted by Crippen LogP contribution is 2.19. The Labute approximate surface area is 142 Å². The molecule has 0 spiro atoms. The molecule has 1 saturated carbocycles. The molecule has 0 aromatic carbocycles. The molecule has 1 aromatic heterocycles. The first kappa shape index (κ1) is 17.9. The van der Waals surface area contributed by atoms with Crippen molar-refractivity contribution >= 4 is 11.7 Å². The van der Waals surface area contributed by atoms with Gasteiger partial charge in [0.2, 0.25) is 17.6 Å². The second-order valence-corrected chi connectivity index (χ2v) is 6.30. The minimum Gasteiger partial charge on any atom is -0.475 e. The first-order valence-corrected chi connectivity index (χ1v) is 8.39. The Hall–Kier alpha value is -2.42. The molecule has 0 bridgehead atoms. The predicted octanol–water partition coefficient (Wildman–Crippen LogP) is 2.64. The average Bonchev–Trinajstić information content (AvgIpc) is 2.56. The van der Waals surface area contributed by atoms with E-state index in [4.69, 9.17) is 4.74 Å². The van der Waals surface area contributed by atoms with Crippen molar-refractivity contribution in [3.8, 4) is 11.9 Å². The van der Waals surface area contributed by atoms with Crippen molar-refractivity contribution in [2.75, 3.05) is 0 Å². The third-order valence-electron chi connectivity index (χ3n) is 3.94. The lowest BCUT2D eigenvalue weighted by Crippen LogP contribution is -2.42. The Morgan fingerprint density at radius 3 is 2.62 bits per heavy atom. The topological polar surface area (TPSA) is 92.1 Å². The van der Waals surface area contributed by atoms with E-state index in [-0.39, 0.29) is 17.8 Å². The zero-order valence-corrected chi connectivity index (χ0v) is 14.1. The highest BCUT2D eigenvalue weighted by Gasteiger charge is 2.30. The molecule has 128 valence electrons. The standard InChI is InChI=1S/C18H23N3O3/c1-12(2)24-16-10-6-9-15(21-16)17(22)14(11-19)18(23)20-13-7-4-3-5-8-13/h6,9-10,12-14H,3-5,7-8H2,1-2H3,(H,20,23). The summed E-state index contributed by atoms with van der Waals surface area (Å²) in [6.45, 7) is 3.71. The van der Waals surface area contributed by atoms with Gasteiger partial charge in [-0.3, -0.25) is 9.59 Å². The fraction of sp³-hybridized carbons (Fsp3) is 0.556. The Balaban J connectivity index is 2.07. The molecule has 1 aliphatic carbocycles. The SMILES string of the molecule is CC(C)Oc1cccc(C(=O)C(C#N)C(=O)NC2CCCCC2)n1. The Kier molecular flexibility index (Phi) is 6.30. The molecule has 1 fully saturated rings. The van der Waals surface area contributed by atoms with Crippen LogP contribution in [-0.2, 0) is 4.79 Å². The smallest absolute Gasteiger partial charge is 0.245 e. The number of carbonyl (C=O) groups excluding carboxylic acids is 2. The molecule has 1 atom stereocenters. The molecule has 6 nitrogen and oxygen atoms in total. The average molecular weight is 329 g/mol. The van der Waals surface area contributed by atoms with Crippen molar-refractivity contribution in [3.63, 3.8) is 0 Å². The van der Waals surface area contributed by atoms with Gasteiger partial charge in [0.05, 0.1) is 12.2 Å². The van der Waals surface area contributed by atoms with Gasteiger partial charge in [0.1, 0.15) is 5.69 Å². The number of hydrogen-bond acceptors (Lipinski definition) is 5. The van der Waals surface area contributed by atoms with Crippen LogP contribution in [0.3, 0.4) is 0 Å². The molecular formula is C18H23N3O3. The number of carbonyl (C=O) groups is 2. The van der Waals surface area contributed by atoms with Gasteiger partial charge < -0.3 is 10.1 Å². The van der Waals surface area contributed by atoms with E-state index >= 15 is 0 Å². The van der Waals surface area contributed by atoms with Crippen LogP contribution in [0.5, 0.6) is 5.88 Å². The number of ether oxygens (including phenoxy) is 1. The fourth-order valence-electron chi connectivity index (χ4n) is 2.77. The minimum atomic E-state index is -1.38. The molecule has 0 saturated heterocycles. The van der Waals surface area contributed by atoms with Crippen molar-refractivity contribution in [2.45, 2.75) is 58.1 Å². The summed E-state index contributed by atoms with van der Waals surface area (Å²) < 4.78 is 5.45. The van der Waals surface area contributed by atoms with E-state index in [9.17, 15) is 14.9 Å². The molecule has 1 unspecified atom stereocenters. The maximum atomic E-state index is 12.5. The number of amides is 1. The number of rotatable bonds is 6. The highest BCUT2D eigenvalue weighted by molar-refractivity contribution is 6.11. The predicted molar refractivity (Wildman–Crippen MR) is 88.5 cm³/mol. The molecule has 24 heavy (non-hydrogen) atoms. The number of hydrogen-bond donors (Lipinski definition) is 1. The molecule has 1 heterocycles. The summed E-state index contributed by atoms with van der Waals surface area (Å²) in [6.07, 6.45) is 5.00. The van der Waals surface area contributed by atoms with Crippen LogP contribution in [0.1, 0.15) is 56.4 Å². The summed E-state index contributed by atoms with van der Waals surface area (Å²) in [5.74, 6) is -2.21. The molecular weight excluding hydrogens is 306 g/mol. The van der Waals surface area contributed by atoms with Crippen LogP contribution in [0.4, 0.5) is 0 Å². The summed E-state index contributed by atoms with van der Waals surface area (Å²) >= 11 is 0. The van der Waals surface area contributed by atoms with Crippen LogP contribution < -0.4 is 10.1 Å². The summed E-state index contributed by atoms with van der Waals surface area (Å²) in [5.41, 5.74) is 0.0681. The normalized spacial score (nSPS) is 16.2. The number of nitriles is 1. The largest absolute Gasteiger partial charge is 0.475 e. The lowest BCUT2D eigenvalue weighted by molar-refractivity contribution is -0.123. The monoisotopic (exact) mass is 329 g/mol.